The van der Waals surface area contributed by atoms with Crippen molar-refractivity contribution in [2.45, 2.75) is 13.8 Å². The largest absolute Gasteiger partial charge is 0.0827 e. The molecule has 0 unspecified atom stereocenters. The summed E-state index contributed by atoms with van der Waals surface area (Å²) < 4.78 is 0. The van der Waals surface area contributed by atoms with Gasteiger partial charge in [0.1, 0.15) is 0 Å². The van der Waals surface area contributed by atoms with Crippen molar-refractivity contribution in [2.75, 3.05) is 0 Å². The third-order valence-electron chi connectivity index (χ3n) is 4.97. The molecule has 4 aromatic rings. The Morgan fingerprint density at radius 1 is 0.464 bits per heavy atom. The van der Waals surface area contributed by atoms with Gasteiger partial charge in [-0.15, -0.1) is 0 Å². The summed E-state index contributed by atoms with van der Waals surface area (Å²) in [5.74, 6) is 0. The molecule has 28 heavy (non-hydrogen) atoms. The Balaban J connectivity index is 1.78. The monoisotopic (exact) mass is 444 g/mol. The van der Waals surface area contributed by atoms with Crippen molar-refractivity contribution in [3.63, 3.8) is 0 Å². The summed E-state index contributed by atoms with van der Waals surface area (Å²) in [7, 11) is 0. The molecular weight excluding hydrogens is 430 g/mol. The summed E-state index contributed by atoms with van der Waals surface area (Å²) >= 11 is 24.7. The second-order valence-electron chi connectivity index (χ2n) is 6.98. The Bertz CT molecular complexity index is 1170. The van der Waals surface area contributed by atoms with E-state index in [1.54, 1.807) is 0 Å². The summed E-state index contributed by atoms with van der Waals surface area (Å²) in [5, 5.41) is 6.56. The third kappa shape index (κ3) is 3.75. The number of halogens is 4. The van der Waals surface area contributed by atoms with Gasteiger partial charge in [-0.25, -0.2) is 0 Å². The van der Waals surface area contributed by atoms with Crippen LogP contribution < -0.4 is 0 Å². The minimum atomic E-state index is 0.564. The molecule has 0 radical (unpaired) electrons. The molecule has 0 heterocycles. The van der Waals surface area contributed by atoms with Crippen LogP contribution in [0.2, 0.25) is 20.1 Å². The van der Waals surface area contributed by atoms with Crippen molar-refractivity contribution in [1.29, 1.82) is 0 Å². The van der Waals surface area contributed by atoms with Crippen LogP contribution in [0.1, 0.15) is 22.3 Å². The van der Waals surface area contributed by atoms with E-state index in [-0.39, 0.29) is 0 Å². The highest BCUT2D eigenvalue weighted by molar-refractivity contribution is 6.43. The zero-order valence-corrected chi connectivity index (χ0v) is 18.3. The highest BCUT2D eigenvalue weighted by Crippen LogP contribution is 2.32. The van der Waals surface area contributed by atoms with Gasteiger partial charge in [-0.1, -0.05) is 70.7 Å². The molecule has 0 aliphatic carbocycles. The van der Waals surface area contributed by atoms with Gasteiger partial charge < -0.3 is 0 Å². The Kier molecular flexibility index (Phi) is 5.33. The normalized spacial score (nSPS) is 11.8. The van der Waals surface area contributed by atoms with Crippen molar-refractivity contribution < 1.29 is 0 Å². The first-order chi connectivity index (χ1) is 13.3. The fourth-order valence-electron chi connectivity index (χ4n) is 3.39. The number of rotatable bonds is 2. The molecule has 0 fully saturated rings. The zero-order chi connectivity index (χ0) is 20.0. The SMILES string of the molecule is Cc1cc2cc(Cl)c(Cl)cc2cc1/C=C\c1cc2cc(Cl)c(Cl)cc2cc1C. The van der Waals surface area contributed by atoms with E-state index in [9.17, 15) is 0 Å². The molecule has 4 rings (SSSR count). The quantitative estimate of drug-likeness (QED) is 0.269. The lowest BCUT2D eigenvalue weighted by molar-refractivity contribution is 1.46. The predicted molar refractivity (Wildman–Crippen MR) is 126 cm³/mol. The number of aryl methyl sites for hydroxylation is 2. The molecular formula is C24H16Cl4. The van der Waals surface area contributed by atoms with Gasteiger partial charge in [0.25, 0.3) is 0 Å². The first-order valence-electron chi connectivity index (χ1n) is 8.79. The summed E-state index contributed by atoms with van der Waals surface area (Å²) in [4.78, 5) is 0. The lowest BCUT2D eigenvalue weighted by atomic mass is 9.98. The zero-order valence-electron chi connectivity index (χ0n) is 15.3. The van der Waals surface area contributed by atoms with Crippen LogP contribution >= 0.6 is 46.4 Å². The highest BCUT2D eigenvalue weighted by atomic mass is 35.5. The van der Waals surface area contributed by atoms with E-state index >= 15 is 0 Å². The topological polar surface area (TPSA) is 0 Å². The van der Waals surface area contributed by atoms with Crippen molar-refractivity contribution in [3.05, 3.63) is 90.9 Å². The number of benzene rings is 4. The first-order valence-corrected chi connectivity index (χ1v) is 10.3. The van der Waals surface area contributed by atoms with E-state index in [1.165, 1.54) is 11.1 Å². The van der Waals surface area contributed by atoms with Crippen molar-refractivity contribution in [3.8, 4) is 0 Å². The van der Waals surface area contributed by atoms with Crippen LogP contribution in [0.4, 0.5) is 0 Å². The molecule has 140 valence electrons. The van der Waals surface area contributed by atoms with E-state index in [0.717, 1.165) is 32.7 Å². The lowest BCUT2D eigenvalue weighted by Crippen LogP contribution is -1.86. The van der Waals surface area contributed by atoms with Crippen molar-refractivity contribution >= 4 is 80.1 Å². The fourth-order valence-corrected chi connectivity index (χ4v) is 4.08. The molecule has 0 aliphatic heterocycles. The molecule has 0 spiro atoms. The molecule has 0 N–H and O–H groups in total. The molecule has 0 aromatic heterocycles. The van der Waals surface area contributed by atoms with Crippen LogP contribution in [0.15, 0.2) is 48.5 Å². The van der Waals surface area contributed by atoms with Gasteiger partial charge >= 0.3 is 0 Å². The second kappa shape index (κ2) is 7.61. The predicted octanol–water partition coefficient (Wildman–Crippen LogP) is 9.39. The molecule has 0 amide bonds. The van der Waals surface area contributed by atoms with Crippen molar-refractivity contribution in [1.82, 2.24) is 0 Å². The van der Waals surface area contributed by atoms with Gasteiger partial charge in [-0.3, -0.25) is 0 Å². The highest BCUT2D eigenvalue weighted by Gasteiger charge is 2.06. The van der Waals surface area contributed by atoms with Crippen LogP contribution in [0, 0.1) is 13.8 Å². The Hall–Kier alpha value is -1.70. The molecule has 0 bridgehead atoms. The summed E-state index contributed by atoms with van der Waals surface area (Å²) in [6.45, 7) is 4.19. The van der Waals surface area contributed by atoms with Crippen LogP contribution in [-0.2, 0) is 0 Å². The standard InChI is InChI=1S/C24H16Cl4/c1-13-5-17-9-21(25)23(27)11-19(17)7-15(13)3-4-16-8-20-12-24(28)22(26)10-18(20)6-14(16)2/h3-12H,1-2H3/b4-3-. The van der Waals surface area contributed by atoms with Crippen molar-refractivity contribution in [2.24, 2.45) is 0 Å². The molecule has 4 heteroatoms. The number of fused-ring (bicyclic) bond motifs is 2. The summed E-state index contributed by atoms with van der Waals surface area (Å²) in [6, 6.07) is 16.2. The van der Waals surface area contributed by atoms with Crippen LogP contribution in [-0.4, -0.2) is 0 Å². The molecule has 0 saturated heterocycles. The number of hydrogen-bond acceptors (Lipinski definition) is 0. The lowest BCUT2D eigenvalue weighted by Gasteiger charge is -2.08. The minimum Gasteiger partial charge on any atom is -0.0827 e. The molecule has 0 aliphatic rings. The maximum absolute atomic E-state index is 6.18. The van der Waals surface area contributed by atoms with Crippen LogP contribution in [0.5, 0.6) is 0 Å². The van der Waals surface area contributed by atoms with E-state index in [2.05, 4.69) is 50.3 Å². The average Bonchev–Trinajstić information content (AvgIpc) is 2.63. The Labute approximate surface area is 184 Å². The fraction of sp³-hybridized carbons (Fsp3) is 0.0833. The molecule has 4 aromatic carbocycles. The van der Waals surface area contributed by atoms with Gasteiger partial charge in [0, 0.05) is 0 Å². The maximum atomic E-state index is 6.18. The van der Waals surface area contributed by atoms with E-state index < -0.39 is 0 Å². The molecule has 0 nitrogen and oxygen atoms in total. The van der Waals surface area contributed by atoms with E-state index in [4.69, 9.17) is 46.4 Å². The van der Waals surface area contributed by atoms with Gasteiger partial charge in [-0.2, -0.15) is 0 Å². The average molecular weight is 446 g/mol. The summed E-state index contributed by atoms with van der Waals surface area (Å²) in [6.07, 6.45) is 4.26. The minimum absolute atomic E-state index is 0.564. The Morgan fingerprint density at radius 2 is 0.750 bits per heavy atom. The Morgan fingerprint density at radius 3 is 1.07 bits per heavy atom. The third-order valence-corrected chi connectivity index (χ3v) is 6.42. The number of hydrogen-bond donors (Lipinski definition) is 0. The maximum Gasteiger partial charge on any atom is 0.0598 e. The smallest absolute Gasteiger partial charge is 0.0598 e. The summed E-state index contributed by atoms with van der Waals surface area (Å²) in [5.41, 5.74) is 4.63. The van der Waals surface area contributed by atoms with Gasteiger partial charge in [0.05, 0.1) is 20.1 Å². The first kappa shape index (κ1) is 19.6. The van der Waals surface area contributed by atoms with Gasteiger partial charge in [0.2, 0.25) is 0 Å². The second-order valence-corrected chi connectivity index (χ2v) is 8.61. The van der Waals surface area contributed by atoms with E-state index in [0.29, 0.717) is 20.1 Å². The van der Waals surface area contributed by atoms with Gasteiger partial charge in [0.15, 0.2) is 0 Å². The van der Waals surface area contributed by atoms with Gasteiger partial charge in [-0.05, 0) is 94.0 Å². The van der Waals surface area contributed by atoms with E-state index in [1.807, 2.05) is 24.3 Å². The van der Waals surface area contributed by atoms with Crippen LogP contribution in [0.3, 0.4) is 0 Å². The molecule has 0 atom stereocenters. The van der Waals surface area contributed by atoms with Crippen LogP contribution in [0.25, 0.3) is 33.7 Å². The molecule has 0 saturated carbocycles.